The van der Waals surface area contributed by atoms with E-state index in [4.69, 9.17) is 9.63 Å². The van der Waals surface area contributed by atoms with Crippen LogP contribution in [0.15, 0.2) is 33.6 Å². The van der Waals surface area contributed by atoms with Crippen molar-refractivity contribution >= 4 is 5.97 Å². The van der Waals surface area contributed by atoms with Crippen LogP contribution in [-0.4, -0.2) is 15.8 Å². The van der Waals surface area contributed by atoms with Gasteiger partial charge in [-0.2, -0.15) is 0 Å². The molecule has 0 spiro atoms. The molecular formula is C14H15NO4. The Balaban J connectivity index is 2.30. The molecule has 0 aliphatic rings. The molecule has 100 valence electrons. The number of aromatic nitrogens is 1. The summed E-state index contributed by atoms with van der Waals surface area (Å²) in [5.41, 5.74) is 1.40. The van der Waals surface area contributed by atoms with Crippen molar-refractivity contribution in [2.24, 2.45) is 0 Å². The first-order chi connectivity index (χ1) is 9.02. The number of hydrogen-bond donors (Lipinski definition) is 1. The van der Waals surface area contributed by atoms with Crippen molar-refractivity contribution in [3.63, 3.8) is 0 Å². The maximum Gasteiger partial charge on any atom is 0.372 e. The van der Waals surface area contributed by atoms with Crippen LogP contribution in [0.2, 0.25) is 0 Å². The van der Waals surface area contributed by atoms with E-state index in [0.717, 1.165) is 12.0 Å². The summed E-state index contributed by atoms with van der Waals surface area (Å²) in [6.45, 7) is 3.98. The SMILES string of the molecule is CCc1ccc(Cn2oc(=O)c(C(=O)O)c2C)cc1. The molecule has 0 aliphatic carbocycles. The van der Waals surface area contributed by atoms with Crippen LogP contribution >= 0.6 is 0 Å². The Morgan fingerprint density at radius 1 is 1.26 bits per heavy atom. The molecule has 0 saturated heterocycles. The lowest BCUT2D eigenvalue weighted by Gasteiger charge is -2.04. The Hall–Kier alpha value is -2.30. The largest absolute Gasteiger partial charge is 0.477 e. The second-order valence-electron chi connectivity index (χ2n) is 4.35. The van der Waals surface area contributed by atoms with E-state index in [9.17, 15) is 9.59 Å². The number of carboxylic acids is 1. The van der Waals surface area contributed by atoms with Crippen molar-refractivity contribution in [1.82, 2.24) is 4.74 Å². The van der Waals surface area contributed by atoms with Crippen molar-refractivity contribution in [2.45, 2.75) is 26.8 Å². The van der Waals surface area contributed by atoms with Crippen LogP contribution in [-0.2, 0) is 13.0 Å². The molecule has 1 aromatic carbocycles. The fourth-order valence-corrected chi connectivity index (χ4v) is 1.93. The molecule has 5 heteroatoms. The van der Waals surface area contributed by atoms with E-state index < -0.39 is 11.6 Å². The van der Waals surface area contributed by atoms with Gasteiger partial charge in [0.15, 0.2) is 5.56 Å². The van der Waals surface area contributed by atoms with Crippen molar-refractivity contribution in [3.05, 3.63) is 57.1 Å². The summed E-state index contributed by atoms with van der Waals surface area (Å²) in [5, 5.41) is 8.92. The van der Waals surface area contributed by atoms with Crippen LogP contribution in [0.4, 0.5) is 0 Å². The van der Waals surface area contributed by atoms with E-state index in [0.29, 0.717) is 12.2 Å². The molecule has 0 aliphatic heterocycles. The van der Waals surface area contributed by atoms with Gasteiger partial charge in [-0.3, -0.25) is 0 Å². The van der Waals surface area contributed by atoms with E-state index in [2.05, 4.69) is 6.92 Å². The number of aromatic carboxylic acids is 1. The van der Waals surface area contributed by atoms with Crippen LogP contribution in [0, 0.1) is 6.92 Å². The highest BCUT2D eigenvalue weighted by Gasteiger charge is 2.19. The van der Waals surface area contributed by atoms with Gasteiger partial charge in [0.25, 0.3) is 0 Å². The smallest absolute Gasteiger partial charge is 0.372 e. The molecule has 19 heavy (non-hydrogen) atoms. The average molecular weight is 261 g/mol. The van der Waals surface area contributed by atoms with E-state index >= 15 is 0 Å². The lowest BCUT2D eigenvalue weighted by Crippen LogP contribution is -2.09. The molecule has 0 unspecified atom stereocenters. The first-order valence-corrected chi connectivity index (χ1v) is 6.04. The zero-order valence-electron chi connectivity index (χ0n) is 10.8. The van der Waals surface area contributed by atoms with Crippen LogP contribution in [0.25, 0.3) is 0 Å². The van der Waals surface area contributed by atoms with Crippen LogP contribution in [0.5, 0.6) is 0 Å². The van der Waals surface area contributed by atoms with Crippen LogP contribution < -0.4 is 5.63 Å². The van der Waals surface area contributed by atoms with Gasteiger partial charge in [0.1, 0.15) is 0 Å². The van der Waals surface area contributed by atoms with Gasteiger partial charge in [-0.25, -0.2) is 14.3 Å². The molecule has 0 bridgehead atoms. The van der Waals surface area contributed by atoms with Crippen molar-refractivity contribution in [1.29, 1.82) is 0 Å². The second-order valence-corrected chi connectivity index (χ2v) is 4.35. The zero-order valence-corrected chi connectivity index (χ0v) is 10.8. The highest BCUT2D eigenvalue weighted by molar-refractivity contribution is 5.88. The summed E-state index contributed by atoms with van der Waals surface area (Å²) in [6.07, 6.45) is 0.959. The summed E-state index contributed by atoms with van der Waals surface area (Å²) in [6, 6.07) is 7.90. The molecule has 5 nitrogen and oxygen atoms in total. The molecule has 1 aromatic heterocycles. The molecular weight excluding hydrogens is 246 g/mol. The maximum atomic E-state index is 11.4. The lowest BCUT2D eigenvalue weighted by atomic mass is 10.1. The summed E-state index contributed by atoms with van der Waals surface area (Å²) < 4.78 is 6.26. The molecule has 0 amide bonds. The summed E-state index contributed by atoms with van der Waals surface area (Å²) in [4.78, 5) is 22.3. The van der Waals surface area contributed by atoms with Gasteiger partial charge in [-0.15, -0.1) is 0 Å². The molecule has 0 radical (unpaired) electrons. The highest BCUT2D eigenvalue weighted by atomic mass is 16.5. The quantitative estimate of drug-likeness (QED) is 0.914. The molecule has 0 fully saturated rings. The van der Waals surface area contributed by atoms with E-state index in [1.165, 1.54) is 10.3 Å². The van der Waals surface area contributed by atoms with Gasteiger partial charge in [-0.05, 0) is 24.5 Å². The third-order valence-corrected chi connectivity index (χ3v) is 3.10. The Bertz CT molecular complexity index is 649. The summed E-state index contributed by atoms with van der Waals surface area (Å²) in [7, 11) is 0. The number of nitrogens with zero attached hydrogens (tertiary/aromatic N) is 1. The van der Waals surface area contributed by atoms with Crippen molar-refractivity contribution in [3.8, 4) is 0 Å². The Morgan fingerprint density at radius 2 is 1.84 bits per heavy atom. The predicted octanol–water partition coefficient (Wildman–Crippen LogP) is 2.06. The topological polar surface area (TPSA) is 72.4 Å². The Morgan fingerprint density at radius 3 is 2.32 bits per heavy atom. The fraction of sp³-hybridized carbons (Fsp3) is 0.286. The number of hydrogen-bond acceptors (Lipinski definition) is 3. The van der Waals surface area contributed by atoms with E-state index in [-0.39, 0.29) is 5.56 Å². The highest BCUT2D eigenvalue weighted by Crippen LogP contribution is 2.10. The van der Waals surface area contributed by atoms with Crippen molar-refractivity contribution in [2.75, 3.05) is 0 Å². The third kappa shape index (κ3) is 2.59. The molecule has 2 aromatic rings. The Labute approximate surface area is 110 Å². The van der Waals surface area contributed by atoms with E-state index in [1.807, 2.05) is 24.3 Å². The van der Waals surface area contributed by atoms with Gasteiger partial charge in [0.2, 0.25) is 0 Å². The minimum Gasteiger partial charge on any atom is -0.477 e. The van der Waals surface area contributed by atoms with Gasteiger partial charge >= 0.3 is 11.6 Å². The monoisotopic (exact) mass is 261 g/mol. The van der Waals surface area contributed by atoms with Gasteiger partial charge in [0, 0.05) is 0 Å². The zero-order chi connectivity index (χ0) is 14.0. The molecule has 0 atom stereocenters. The average Bonchev–Trinajstić information content (AvgIpc) is 2.65. The standard InChI is InChI=1S/C14H15NO4/c1-3-10-4-6-11(7-5-10)8-15-9(2)12(13(16)17)14(18)19-15/h4-7H,3,8H2,1-2H3,(H,16,17). The lowest BCUT2D eigenvalue weighted by molar-refractivity contribution is 0.0693. The number of carboxylic acid groups (broad SMARTS) is 1. The number of aryl methyl sites for hydroxylation is 1. The first kappa shape index (κ1) is 13.1. The third-order valence-electron chi connectivity index (χ3n) is 3.10. The normalized spacial score (nSPS) is 10.6. The first-order valence-electron chi connectivity index (χ1n) is 6.04. The predicted molar refractivity (Wildman–Crippen MR) is 69.6 cm³/mol. The molecule has 0 saturated carbocycles. The van der Waals surface area contributed by atoms with Crippen molar-refractivity contribution < 1.29 is 14.4 Å². The fourth-order valence-electron chi connectivity index (χ4n) is 1.93. The minimum atomic E-state index is -1.26. The Kier molecular flexibility index (Phi) is 3.55. The van der Waals surface area contributed by atoms with E-state index in [1.54, 1.807) is 6.92 Å². The molecule has 1 N–H and O–H groups in total. The van der Waals surface area contributed by atoms with Gasteiger partial charge in [-0.1, -0.05) is 31.2 Å². The molecule has 1 heterocycles. The van der Waals surface area contributed by atoms with Crippen LogP contribution in [0.3, 0.4) is 0 Å². The second kappa shape index (κ2) is 5.14. The minimum absolute atomic E-state index is 0.301. The van der Waals surface area contributed by atoms with Gasteiger partial charge in [0.05, 0.1) is 12.2 Å². The molecule has 2 rings (SSSR count). The summed E-state index contributed by atoms with van der Waals surface area (Å²) >= 11 is 0. The maximum absolute atomic E-state index is 11.4. The summed E-state index contributed by atoms with van der Waals surface area (Å²) in [5.74, 6) is -1.26. The van der Waals surface area contributed by atoms with Gasteiger partial charge < -0.3 is 9.63 Å². The number of carbonyl (C=O) groups is 1. The van der Waals surface area contributed by atoms with Crippen LogP contribution in [0.1, 0.15) is 34.1 Å². The number of rotatable bonds is 4. The number of benzene rings is 1.